The first-order valence-electron chi connectivity index (χ1n) is 18.0. The molecule has 0 amide bonds. The molecule has 0 aliphatic rings. The lowest BCUT2D eigenvalue weighted by molar-refractivity contribution is 1.50. The van der Waals surface area contributed by atoms with Gasteiger partial charge in [0.1, 0.15) is 0 Å². The van der Waals surface area contributed by atoms with E-state index in [0.29, 0.717) is 0 Å². The first-order chi connectivity index (χ1) is 25.2. The molecular formula is C51H40. The molecule has 0 nitrogen and oxygen atoms in total. The van der Waals surface area contributed by atoms with E-state index in [9.17, 15) is 0 Å². The monoisotopic (exact) mass is 652 g/mol. The highest BCUT2D eigenvalue weighted by molar-refractivity contribution is 6.23. The smallest absolute Gasteiger partial charge is 0.00261 e. The Labute approximate surface area is 300 Å². The molecule has 51 heavy (non-hydrogen) atoms. The van der Waals surface area contributed by atoms with Gasteiger partial charge < -0.3 is 0 Å². The molecule has 0 aromatic heterocycles. The van der Waals surface area contributed by atoms with E-state index in [-0.39, 0.29) is 0 Å². The lowest BCUT2D eigenvalue weighted by atomic mass is 9.84. The summed E-state index contributed by atoms with van der Waals surface area (Å²) in [4.78, 5) is 0. The minimum atomic E-state index is 1.14. The number of allylic oxidation sites excluding steroid dienone is 3. The van der Waals surface area contributed by atoms with Crippen molar-refractivity contribution in [3.05, 3.63) is 188 Å². The lowest BCUT2D eigenvalue weighted by Gasteiger charge is -2.19. The van der Waals surface area contributed by atoms with E-state index in [1.807, 2.05) is 19.9 Å². The van der Waals surface area contributed by atoms with E-state index < -0.39 is 0 Å². The molecule has 0 unspecified atom stereocenters. The van der Waals surface area contributed by atoms with E-state index in [1.54, 1.807) is 0 Å². The lowest BCUT2D eigenvalue weighted by Crippen LogP contribution is -1.92. The molecule has 0 spiro atoms. The van der Waals surface area contributed by atoms with Crippen molar-refractivity contribution in [2.24, 2.45) is 0 Å². The van der Waals surface area contributed by atoms with Gasteiger partial charge in [0, 0.05) is 0 Å². The van der Waals surface area contributed by atoms with Crippen LogP contribution in [0.2, 0.25) is 0 Å². The zero-order chi connectivity index (χ0) is 34.9. The summed E-state index contributed by atoms with van der Waals surface area (Å²) in [6.07, 6.45) is 4.06. The summed E-state index contributed by atoms with van der Waals surface area (Å²) in [6, 6.07) is 60.4. The molecule has 244 valence electrons. The van der Waals surface area contributed by atoms with Crippen LogP contribution < -0.4 is 0 Å². The molecule has 0 heteroatoms. The standard InChI is InChI=1S/C49H34.C2H6/c1-3-32(4-2)34-16-13-17-38(29-34)48-42-20-9-11-22-44(42)49(45-23-12-10-21-43(45)48)39-27-26-37-30-46(40-18-7-8-19-41(40)47(37)31-39)36-25-24-33-14-5-6-15-35(33)28-36;1-2/h3-31H,1H2,2H3;1-2H3/b32-4+;. The largest absolute Gasteiger partial charge is 0.0985 e. The minimum Gasteiger partial charge on any atom is -0.0985 e. The Morgan fingerprint density at radius 3 is 1.57 bits per heavy atom. The summed E-state index contributed by atoms with van der Waals surface area (Å²) in [5, 5.41) is 12.6. The van der Waals surface area contributed by atoms with Crippen molar-refractivity contribution in [2.45, 2.75) is 20.8 Å². The quantitative estimate of drug-likeness (QED) is 0.0986. The zero-order valence-corrected chi connectivity index (χ0v) is 29.5. The summed E-state index contributed by atoms with van der Waals surface area (Å²) in [7, 11) is 0. The van der Waals surface area contributed by atoms with Gasteiger partial charge in [-0.15, -0.1) is 0 Å². The molecule has 0 saturated carbocycles. The number of benzene rings is 9. The maximum Gasteiger partial charge on any atom is -0.00261 e. The molecular weight excluding hydrogens is 613 g/mol. The molecule has 0 N–H and O–H groups in total. The summed E-state index contributed by atoms with van der Waals surface area (Å²) in [6.45, 7) is 10.1. The molecule has 9 aromatic rings. The predicted molar refractivity (Wildman–Crippen MR) is 225 cm³/mol. The molecule has 0 heterocycles. The van der Waals surface area contributed by atoms with E-state index in [0.717, 1.165) is 5.57 Å². The fourth-order valence-electron chi connectivity index (χ4n) is 7.86. The highest BCUT2D eigenvalue weighted by Crippen LogP contribution is 2.45. The SMILES string of the molecule is C=C/C(=C\C)c1cccc(-c2c3ccccc3c(-c3ccc4cc(-c5ccc6ccccc6c5)c5ccccc5c4c3)c3ccccc23)c1.CC. The Kier molecular flexibility index (Phi) is 8.52. The summed E-state index contributed by atoms with van der Waals surface area (Å²) >= 11 is 0. The van der Waals surface area contributed by atoms with Crippen LogP contribution in [0.1, 0.15) is 26.3 Å². The third-order valence-corrected chi connectivity index (χ3v) is 10.2. The Bertz CT molecular complexity index is 2740. The second kappa shape index (κ2) is 13.6. The minimum absolute atomic E-state index is 1.14. The molecule has 0 fully saturated rings. The number of rotatable bonds is 5. The molecule has 0 radical (unpaired) electrons. The number of hydrogen-bond acceptors (Lipinski definition) is 0. The van der Waals surface area contributed by atoms with Crippen LogP contribution in [0.15, 0.2) is 183 Å². The summed E-state index contributed by atoms with van der Waals surface area (Å²) < 4.78 is 0. The Balaban J connectivity index is 0.00000184. The zero-order valence-electron chi connectivity index (χ0n) is 29.5. The molecule has 0 saturated heterocycles. The molecule has 9 rings (SSSR count). The van der Waals surface area contributed by atoms with E-state index in [2.05, 4.69) is 183 Å². The molecule has 9 aromatic carbocycles. The maximum absolute atomic E-state index is 4.06. The van der Waals surface area contributed by atoms with Crippen LogP contribution in [0.3, 0.4) is 0 Å². The van der Waals surface area contributed by atoms with Crippen LogP contribution in [-0.2, 0) is 0 Å². The van der Waals surface area contributed by atoms with Crippen LogP contribution >= 0.6 is 0 Å². The van der Waals surface area contributed by atoms with E-state index in [4.69, 9.17) is 0 Å². The van der Waals surface area contributed by atoms with Gasteiger partial charge in [0.2, 0.25) is 0 Å². The van der Waals surface area contributed by atoms with Crippen molar-refractivity contribution in [1.29, 1.82) is 0 Å². The molecule has 0 aliphatic carbocycles. The van der Waals surface area contributed by atoms with Crippen molar-refractivity contribution < 1.29 is 0 Å². The highest BCUT2D eigenvalue weighted by Gasteiger charge is 2.18. The van der Waals surface area contributed by atoms with Gasteiger partial charge in [0.25, 0.3) is 0 Å². The normalized spacial score (nSPS) is 11.6. The van der Waals surface area contributed by atoms with Crippen LogP contribution in [0, 0.1) is 0 Å². The van der Waals surface area contributed by atoms with Gasteiger partial charge in [-0.2, -0.15) is 0 Å². The van der Waals surface area contributed by atoms with Gasteiger partial charge in [0.15, 0.2) is 0 Å². The van der Waals surface area contributed by atoms with Crippen molar-refractivity contribution >= 4 is 59.4 Å². The second-order valence-electron chi connectivity index (χ2n) is 12.8. The van der Waals surface area contributed by atoms with Gasteiger partial charge in [-0.1, -0.05) is 172 Å². The van der Waals surface area contributed by atoms with Crippen molar-refractivity contribution in [1.82, 2.24) is 0 Å². The third kappa shape index (κ3) is 5.50. The molecule has 0 aliphatic heterocycles. The average Bonchev–Trinajstić information content (AvgIpc) is 3.20. The number of fused-ring (bicyclic) bond motifs is 6. The first-order valence-corrected chi connectivity index (χ1v) is 18.0. The van der Waals surface area contributed by atoms with Crippen molar-refractivity contribution in [2.75, 3.05) is 0 Å². The molecule has 0 bridgehead atoms. The van der Waals surface area contributed by atoms with Gasteiger partial charge in [-0.05, 0) is 130 Å². The van der Waals surface area contributed by atoms with Crippen LogP contribution in [0.25, 0.3) is 92.8 Å². The molecule has 0 atom stereocenters. The average molecular weight is 653 g/mol. The number of hydrogen-bond donors (Lipinski definition) is 0. The van der Waals surface area contributed by atoms with Crippen molar-refractivity contribution in [3.8, 4) is 33.4 Å². The van der Waals surface area contributed by atoms with Gasteiger partial charge in [0.05, 0.1) is 0 Å². The highest BCUT2D eigenvalue weighted by atomic mass is 14.2. The van der Waals surface area contributed by atoms with Crippen LogP contribution in [0.4, 0.5) is 0 Å². The van der Waals surface area contributed by atoms with Crippen molar-refractivity contribution in [3.63, 3.8) is 0 Å². The topological polar surface area (TPSA) is 0 Å². The van der Waals surface area contributed by atoms with Gasteiger partial charge in [-0.3, -0.25) is 0 Å². The van der Waals surface area contributed by atoms with E-state index in [1.165, 1.54) is 92.8 Å². The fraction of sp³-hybridized carbons (Fsp3) is 0.0588. The predicted octanol–water partition coefficient (Wildman–Crippen LogP) is 15.1. The van der Waals surface area contributed by atoms with E-state index >= 15 is 0 Å². The second-order valence-corrected chi connectivity index (χ2v) is 12.8. The van der Waals surface area contributed by atoms with Crippen LogP contribution in [0.5, 0.6) is 0 Å². The van der Waals surface area contributed by atoms with Crippen LogP contribution in [-0.4, -0.2) is 0 Å². The summed E-state index contributed by atoms with van der Waals surface area (Å²) in [5.41, 5.74) is 9.80. The Hall–Kier alpha value is -6.24. The fourth-order valence-corrected chi connectivity index (χ4v) is 7.86. The third-order valence-electron chi connectivity index (χ3n) is 10.2. The van der Waals surface area contributed by atoms with Gasteiger partial charge in [-0.25, -0.2) is 0 Å². The maximum atomic E-state index is 4.06. The summed E-state index contributed by atoms with van der Waals surface area (Å²) in [5.74, 6) is 0. The first kappa shape index (κ1) is 32.0. The Morgan fingerprint density at radius 2 is 0.941 bits per heavy atom. The van der Waals surface area contributed by atoms with Gasteiger partial charge >= 0.3 is 0 Å². The Morgan fingerprint density at radius 1 is 0.412 bits per heavy atom.